The highest BCUT2D eigenvalue weighted by Gasteiger charge is 2.29. The average Bonchev–Trinajstić information content (AvgIpc) is 3.21. The van der Waals surface area contributed by atoms with Gasteiger partial charge in [-0.3, -0.25) is 9.69 Å². The topological polar surface area (TPSA) is 67.6 Å². The molecule has 0 heterocycles. The summed E-state index contributed by atoms with van der Waals surface area (Å²) in [6.45, 7) is 1.83. The average molecular weight is 263 g/mol. The Labute approximate surface area is 113 Å². The van der Waals surface area contributed by atoms with Crippen LogP contribution in [0.3, 0.4) is 0 Å². The number of ether oxygens (including phenoxy) is 1. The van der Waals surface area contributed by atoms with E-state index in [1.54, 1.807) is 13.2 Å². The summed E-state index contributed by atoms with van der Waals surface area (Å²) in [5.41, 5.74) is 7.07. The Morgan fingerprint density at radius 1 is 1.47 bits per heavy atom. The number of nitrogen functional groups attached to an aromatic ring is 1. The maximum Gasteiger partial charge on any atom is 0.238 e. The molecule has 0 aliphatic heterocycles. The van der Waals surface area contributed by atoms with Gasteiger partial charge in [0.25, 0.3) is 0 Å². The van der Waals surface area contributed by atoms with E-state index in [0.29, 0.717) is 30.6 Å². The van der Waals surface area contributed by atoms with Gasteiger partial charge in [-0.15, -0.1) is 0 Å². The minimum Gasteiger partial charge on any atom is -0.397 e. The number of carbonyl (C=O) groups excluding carboxylic acids is 1. The molecule has 1 saturated carbocycles. The molecule has 0 unspecified atom stereocenters. The molecule has 1 aliphatic carbocycles. The molecule has 104 valence electrons. The third kappa shape index (κ3) is 4.22. The van der Waals surface area contributed by atoms with Gasteiger partial charge in [0.1, 0.15) is 0 Å². The molecule has 1 aromatic rings. The van der Waals surface area contributed by atoms with Crippen LogP contribution < -0.4 is 11.1 Å². The largest absolute Gasteiger partial charge is 0.397 e. The lowest BCUT2D eigenvalue weighted by Gasteiger charge is -2.21. The first-order valence-corrected chi connectivity index (χ1v) is 6.58. The quantitative estimate of drug-likeness (QED) is 0.728. The van der Waals surface area contributed by atoms with Gasteiger partial charge in [-0.1, -0.05) is 12.1 Å². The standard InChI is InChI=1S/C14H21N3O2/c1-19-9-8-17(11-6-7-11)10-14(18)16-13-5-3-2-4-12(13)15/h2-5,11H,6-10,15H2,1H3,(H,16,18). The number of hydrogen-bond donors (Lipinski definition) is 2. The summed E-state index contributed by atoms with van der Waals surface area (Å²) >= 11 is 0. The first-order chi connectivity index (χ1) is 9.20. The van der Waals surface area contributed by atoms with Crippen molar-refractivity contribution >= 4 is 17.3 Å². The molecule has 0 saturated heterocycles. The first kappa shape index (κ1) is 13.8. The molecule has 0 spiro atoms. The normalized spacial score (nSPS) is 14.6. The van der Waals surface area contributed by atoms with E-state index in [4.69, 9.17) is 10.5 Å². The van der Waals surface area contributed by atoms with E-state index in [9.17, 15) is 4.79 Å². The predicted molar refractivity (Wildman–Crippen MR) is 76.0 cm³/mol. The SMILES string of the molecule is COCCN(CC(=O)Nc1ccccc1N)C1CC1. The Kier molecular flexibility index (Phi) is 4.76. The van der Waals surface area contributed by atoms with Crippen molar-refractivity contribution in [1.29, 1.82) is 0 Å². The molecule has 1 amide bonds. The third-order valence-corrected chi connectivity index (χ3v) is 3.23. The highest BCUT2D eigenvalue weighted by atomic mass is 16.5. The van der Waals surface area contributed by atoms with Gasteiger partial charge in [0.2, 0.25) is 5.91 Å². The first-order valence-electron chi connectivity index (χ1n) is 6.58. The van der Waals surface area contributed by atoms with Crippen molar-refractivity contribution in [3.05, 3.63) is 24.3 Å². The van der Waals surface area contributed by atoms with E-state index in [1.807, 2.05) is 18.2 Å². The molecule has 19 heavy (non-hydrogen) atoms. The Hall–Kier alpha value is -1.59. The fourth-order valence-electron chi connectivity index (χ4n) is 2.02. The van der Waals surface area contributed by atoms with Crippen LogP contribution in [0.2, 0.25) is 0 Å². The zero-order chi connectivity index (χ0) is 13.7. The molecule has 0 radical (unpaired) electrons. The number of benzene rings is 1. The zero-order valence-corrected chi connectivity index (χ0v) is 11.3. The Morgan fingerprint density at radius 2 is 2.21 bits per heavy atom. The molecular weight excluding hydrogens is 242 g/mol. The maximum atomic E-state index is 12.0. The lowest BCUT2D eigenvalue weighted by Crippen LogP contribution is -2.37. The number of methoxy groups -OCH3 is 1. The second-order valence-corrected chi connectivity index (χ2v) is 4.83. The van der Waals surface area contributed by atoms with Crippen molar-refractivity contribution < 1.29 is 9.53 Å². The lowest BCUT2D eigenvalue weighted by atomic mass is 10.2. The van der Waals surface area contributed by atoms with Gasteiger partial charge in [0.05, 0.1) is 24.5 Å². The van der Waals surface area contributed by atoms with Crippen LogP contribution in [-0.2, 0) is 9.53 Å². The molecule has 0 aromatic heterocycles. The molecule has 0 bridgehead atoms. The van der Waals surface area contributed by atoms with Crippen LogP contribution in [0.25, 0.3) is 0 Å². The number of rotatable bonds is 7. The minimum atomic E-state index is -0.0269. The molecule has 5 heteroatoms. The number of carbonyl (C=O) groups is 1. The van der Waals surface area contributed by atoms with Gasteiger partial charge < -0.3 is 15.8 Å². The van der Waals surface area contributed by atoms with E-state index in [0.717, 1.165) is 6.54 Å². The lowest BCUT2D eigenvalue weighted by molar-refractivity contribution is -0.117. The molecule has 1 fully saturated rings. The summed E-state index contributed by atoms with van der Waals surface area (Å²) in [5.74, 6) is -0.0269. The number of nitrogens with zero attached hydrogens (tertiary/aromatic N) is 1. The summed E-state index contributed by atoms with van der Waals surface area (Å²) in [7, 11) is 1.68. The van der Waals surface area contributed by atoms with Crippen LogP contribution in [0.5, 0.6) is 0 Å². The predicted octanol–water partition coefficient (Wildman–Crippen LogP) is 1.32. The molecule has 1 aromatic carbocycles. The Morgan fingerprint density at radius 3 is 2.84 bits per heavy atom. The summed E-state index contributed by atoms with van der Waals surface area (Å²) in [6.07, 6.45) is 2.34. The number of hydrogen-bond acceptors (Lipinski definition) is 4. The van der Waals surface area contributed by atoms with Crippen LogP contribution >= 0.6 is 0 Å². The van der Waals surface area contributed by atoms with Crippen LogP contribution in [0, 0.1) is 0 Å². The molecule has 1 aliphatic rings. The van der Waals surface area contributed by atoms with Crippen LogP contribution in [0.1, 0.15) is 12.8 Å². The third-order valence-electron chi connectivity index (χ3n) is 3.23. The number of anilines is 2. The number of para-hydroxylation sites is 2. The maximum absolute atomic E-state index is 12.0. The monoisotopic (exact) mass is 263 g/mol. The second kappa shape index (κ2) is 6.54. The Bertz CT molecular complexity index is 432. The fourth-order valence-corrected chi connectivity index (χ4v) is 2.02. The smallest absolute Gasteiger partial charge is 0.238 e. The van der Waals surface area contributed by atoms with Gasteiger partial charge in [-0.2, -0.15) is 0 Å². The molecule has 2 rings (SSSR count). The van der Waals surface area contributed by atoms with Gasteiger partial charge in [0.15, 0.2) is 0 Å². The summed E-state index contributed by atoms with van der Waals surface area (Å²) in [4.78, 5) is 14.2. The van der Waals surface area contributed by atoms with E-state index in [-0.39, 0.29) is 5.91 Å². The van der Waals surface area contributed by atoms with Crippen molar-refractivity contribution in [2.75, 3.05) is 37.9 Å². The zero-order valence-electron chi connectivity index (χ0n) is 11.3. The highest BCUT2D eigenvalue weighted by Crippen LogP contribution is 2.26. The number of nitrogens with two attached hydrogens (primary N) is 1. The van der Waals surface area contributed by atoms with Crippen LogP contribution in [0.4, 0.5) is 11.4 Å². The van der Waals surface area contributed by atoms with E-state index in [2.05, 4.69) is 10.2 Å². The second-order valence-electron chi connectivity index (χ2n) is 4.83. The summed E-state index contributed by atoms with van der Waals surface area (Å²) in [5, 5.41) is 2.85. The van der Waals surface area contributed by atoms with Crippen molar-refractivity contribution in [3.8, 4) is 0 Å². The number of amides is 1. The van der Waals surface area contributed by atoms with Gasteiger partial charge in [0, 0.05) is 19.7 Å². The van der Waals surface area contributed by atoms with Gasteiger partial charge >= 0.3 is 0 Å². The minimum absolute atomic E-state index is 0.0269. The summed E-state index contributed by atoms with van der Waals surface area (Å²) < 4.78 is 5.08. The van der Waals surface area contributed by atoms with Gasteiger partial charge in [-0.25, -0.2) is 0 Å². The highest BCUT2D eigenvalue weighted by molar-refractivity contribution is 5.95. The van der Waals surface area contributed by atoms with E-state index >= 15 is 0 Å². The van der Waals surface area contributed by atoms with Crippen molar-refractivity contribution in [2.45, 2.75) is 18.9 Å². The Balaban J connectivity index is 1.87. The molecule has 3 N–H and O–H groups in total. The summed E-state index contributed by atoms with van der Waals surface area (Å²) in [6, 6.07) is 7.83. The van der Waals surface area contributed by atoms with E-state index in [1.165, 1.54) is 12.8 Å². The molecule has 5 nitrogen and oxygen atoms in total. The van der Waals surface area contributed by atoms with Crippen LogP contribution in [0.15, 0.2) is 24.3 Å². The van der Waals surface area contributed by atoms with Crippen molar-refractivity contribution in [1.82, 2.24) is 4.90 Å². The molecule has 0 atom stereocenters. The van der Waals surface area contributed by atoms with Crippen molar-refractivity contribution in [2.24, 2.45) is 0 Å². The van der Waals surface area contributed by atoms with E-state index < -0.39 is 0 Å². The van der Waals surface area contributed by atoms with Crippen LogP contribution in [-0.4, -0.2) is 43.7 Å². The van der Waals surface area contributed by atoms with Gasteiger partial charge in [-0.05, 0) is 25.0 Å². The van der Waals surface area contributed by atoms with Crippen molar-refractivity contribution in [3.63, 3.8) is 0 Å². The fraction of sp³-hybridized carbons (Fsp3) is 0.500. The number of nitrogens with one attached hydrogen (secondary N) is 1. The molecular formula is C14H21N3O2.